The molecule has 1 amide bonds. The van der Waals surface area contributed by atoms with Gasteiger partial charge in [0, 0.05) is 49.0 Å². The first-order valence-corrected chi connectivity index (χ1v) is 10.6. The molecule has 0 spiro atoms. The molecule has 0 bridgehead atoms. The number of hydrogen-bond donors (Lipinski definition) is 1. The van der Waals surface area contributed by atoms with Crippen molar-refractivity contribution in [1.82, 2.24) is 19.9 Å². The predicted molar refractivity (Wildman–Crippen MR) is 124 cm³/mol. The molecular weight excluding hydrogens is 402 g/mol. The number of aromatic nitrogens is 3. The smallest absolute Gasteiger partial charge is 0.254 e. The van der Waals surface area contributed by atoms with Crippen molar-refractivity contribution < 1.29 is 9.53 Å². The average molecular weight is 425 g/mol. The summed E-state index contributed by atoms with van der Waals surface area (Å²) in [4.78, 5) is 28.3. The van der Waals surface area contributed by atoms with Crippen LogP contribution in [-0.2, 0) is 4.74 Å². The third-order valence-electron chi connectivity index (χ3n) is 5.59. The number of pyridine rings is 1. The third kappa shape index (κ3) is 3.90. The van der Waals surface area contributed by atoms with Gasteiger partial charge in [-0.25, -0.2) is 9.97 Å². The molecule has 2 aromatic heterocycles. The summed E-state index contributed by atoms with van der Waals surface area (Å²) in [5, 5.41) is 4.11. The summed E-state index contributed by atoms with van der Waals surface area (Å²) >= 11 is 0. The van der Waals surface area contributed by atoms with Crippen LogP contribution in [0.3, 0.4) is 0 Å². The van der Waals surface area contributed by atoms with Crippen molar-refractivity contribution in [3.63, 3.8) is 0 Å². The number of rotatable bonds is 4. The molecule has 5 rings (SSSR count). The Morgan fingerprint density at radius 1 is 0.969 bits per heavy atom. The maximum Gasteiger partial charge on any atom is 0.254 e. The van der Waals surface area contributed by atoms with Gasteiger partial charge in [0.1, 0.15) is 5.82 Å². The lowest BCUT2D eigenvalue weighted by Crippen LogP contribution is -2.40. The predicted octanol–water partition coefficient (Wildman–Crippen LogP) is 3.87. The van der Waals surface area contributed by atoms with Gasteiger partial charge in [-0.15, -0.1) is 0 Å². The molecule has 32 heavy (non-hydrogen) atoms. The van der Waals surface area contributed by atoms with Crippen molar-refractivity contribution in [1.29, 1.82) is 0 Å². The highest BCUT2D eigenvalue weighted by Crippen LogP contribution is 2.30. The summed E-state index contributed by atoms with van der Waals surface area (Å²) in [6.45, 7) is 2.43. The topological polar surface area (TPSA) is 80.2 Å². The molecule has 1 N–H and O–H groups in total. The lowest BCUT2D eigenvalue weighted by molar-refractivity contribution is 0.0303. The fraction of sp³-hybridized carbons (Fsp3) is 0.200. The Labute approximate surface area is 186 Å². The van der Waals surface area contributed by atoms with Crippen LogP contribution in [0.1, 0.15) is 10.4 Å². The Morgan fingerprint density at radius 2 is 1.78 bits per heavy atom. The number of benzene rings is 2. The summed E-state index contributed by atoms with van der Waals surface area (Å²) in [6.07, 6.45) is 3.49. The van der Waals surface area contributed by atoms with E-state index in [1.54, 1.807) is 12.4 Å². The molecule has 0 saturated carbocycles. The second-order valence-electron chi connectivity index (χ2n) is 7.60. The van der Waals surface area contributed by atoms with Crippen LogP contribution in [0.5, 0.6) is 0 Å². The van der Waals surface area contributed by atoms with Gasteiger partial charge in [-0.2, -0.15) is 0 Å². The minimum atomic E-state index is 0.0382. The van der Waals surface area contributed by atoms with Crippen LogP contribution in [-0.4, -0.2) is 59.1 Å². The van der Waals surface area contributed by atoms with Crippen LogP contribution in [0.25, 0.3) is 33.4 Å². The van der Waals surface area contributed by atoms with Gasteiger partial charge in [-0.1, -0.05) is 18.2 Å². The third-order valence-corrected chi connectivity index (χ3v) is 5.59. The van der Waals surface area contributed by atoms with E-state index in [9.17, 15) is 4.79 Å². The van der Waals surface area contributed by atoms with Crippen molar-refractivity contribution in [2.24, 2.45) is 0 Å². The standard InChI is InChI=1S/C25H23N5O2/c1-26-24-21-15-18(7-8-22(21)28-23(29-24)20-6-3-9-27-16-20)17-4-2-5-19(14-17)25(31)30-10-12-32-13-11-30/h2-9,14-16H,10-13H2,1H3,(H,26,28,29). The zero-order valence-corrected chi connectivity index (χ0v) is 17.8. The highest BCUT2D eigenvalue weighted by molar-refractivity contribution is 5.97. The van der Waals surface area contributed by atoms with Crippen LogP contribution in [0.15, 0.2) is 67.0 Å². The van der Waals surface area contributed by atoms with Crippen LogP contribution in [0.4, 0.5) is 5.82 Å². The lowest BCUT2D eigenvalue weighted by atomic mass is 10.0. The van der Waals surface area contributed by atoms with Crippen LogP contribution in [0, 0.1) is 0 Å². The molecule has 1 saturated heterocycles. The van der Waals surface area contributed by atoms with Gasteiger partial charge in [0.05, 0.1) is 18.7 Å². The molecule has 3 heterocycles. The average Bonchev–Trinajstić information content (AvgIpc) is 2.88. The van der Waals surface area contributed by atoms with Crippen LogP contribution < -0.4 is 5.32 Å². The minimum absolute atomic E-state index is 0.0382. The fourth-order valence-corrected chi connectivity index (χ4v) is 3.90. The second kappa shape index (κ2) is 8.72. The number of nitrogens with zero attached hydrogens (tertiary/aromatic N) is 4. The van der Waals surface area contributed by atoms with Crippen molar-refractivity contribution >= 4 is 22.6 Å². The lowest BCUT2D eigenvalue weighted by Gasteiger charge is -2.27. The van der Waals surface area contributed by atoms with E-state index >= 15 is 0 Å². The molecule has 7 heteroatoms. The van der Waals surface area contributed by atoms with E-state index in [2.05, 4.69) is 16.4 Å². The number of amides is 1. The molecule has 4 aromatic rings. The Balaban J connectivity index is 1.52. The summed E-state index contributed by atoms with van der Waals surface area (Å²) in [7, 11) is 1.85. The molecule has 2 aromatic carbocycles. The highest BCUT2D eigenvalue weighted by atomic mass is 16.5. The van der Waals surface area contributed by atoms with E-state index in [4.69, 9.17) is 14.7 Å². The van der Waals surface area contributed by atoms with E-state index < -0.39 is 0 Å². The van der Waals surface area contributed by atoms with Gasteiger partial charge in [-0.3, -0.25) is 9.78 Å². The summed E-state index contributed by atoms with van der Waals surface area (Å²) in [5.74, 6) is 1.41. The number of morpholine rings is 1. The Hall–Kier alpha value is -3.84. The van der Waals surface area contributed by atoms with Crippen molar-refractivity contribution in [3.05, 3.63) is 72.6 Å². The minimum Gasteiger partial charge on any atom is -0.378 e. The van der Waals surface area contributed by atoms with E-state index in [1.807, 2.05) is 60.5 Å². The first kappa shape index (κ1) is 20.1. The Bertz CT molecular complexity index is 1270. The van der Waals surface area contributed by atoms with E-state index in [1.165, 1.54) is 0 Å². The molecule has 0 atom stereocenters. The zero-order chi connectivity index (χ0) is 21.9. The molecular formula is C25H23N5O2. The molecule has 0 aliphatic carbocycles. The molecule has 0 unspecified atom stereocenters. The first-order valence-electron chi connectivity index (χ1n) is 10.6. The SMILES string of the molecule is CNc1nc(-c2cccnc2)nc2ccc(-c3cccc(C(=O)N4CCOCC4)c3)cc12. The monoisotopic (exact) mass is 425 g/mol. The van der Waals surface area contributed by atoms with Gasteiger partial charge in [-0.05, 0) is 47.5 Å². The zero-order valence-electron chi connectivity index (χ0n) is 17.8. The highest BCUT2D eigenvalue weighted by Gasteiger charge is 2.19. The maximum absolute atomic E-state index is 12.9. The molecule has 0 radical (unpaired) electrons. The van der Waals surface area contributed by atoms with Crippen LogP contribution in [0.2, 0.25) is 0 Å². The molecule has 1 aliphatic rings. The van der Waals surface area contributed by atoms with Gasteiger partial charge in [0.15, 0.2) is 5.82 Å². The van der Waals surface area contributed by atoms with E-state index in [-0.39, 0.29) is 5.91 Å². The Kier molecular flexibility index (Phi) is 5.47. The first-order chi connectivity index (χ1) is 15.7. The number of ether oxygens (including phenoxy) is 1. The fourth-order valence-electron chi connectivity index (χ4n) is 3.90. The Morgan fingerprint density at radius 3 is 2.56 bits per heavy atom. The van der Waals surface area contributed by atoms with Gasteiger partial charge in [0.2, 0.25) is 0 Å². The summed E-state index contributed by atoms with van der Waals surface area (Å²) in [6, 6.07) is 17.6. The van der Waals surface area contributed by atoms with Crippen molar-refractivity contribution in [2.75, 3.05) is 38.7 Å². The second-order valence-corrected chi connectivity index (χ2v) is 7.60. The quantitative estimate of drug-likeness (QED) is 0.535. The maximum atomic E-state index is 12.9. The van der Waals surface area contributed by atoms with Gasteiger partial charge < -0.3 is 15.0 Å². The summed E-state index contributed by atoms with van der Waals surface area (Å²) in [5.41, 5.74) is 4.37. The molecule has 7 nitrogen and oxygen atoms in total. The number of carbonyl (C=O) groups is 1. The van der Waals surface area contributed by atoms with Gasteiger partial charge in [0.25, 0.3) is 5.91 Å². The molecule has 1 aliphatic heterocycles. The number of fused-ring (bicyclic) bond motifs is 1. The van der Waals surface area contributed by atoms with Crippen LogP contribution >= 0.6 is 0 Å². The number of nitrogens with one attached hydrogen (secondary N) is 1. The largest absolute Gasteiger partial charge is 0.378 e. The normalized spacial score (nSPS) is 13.8. The van der Waals surface area contributed by atoms with Crippen molar-refractivity contribution in [3.8, 4) is 22.5 Å². The number of anilines is 1. The van der Waals surface area contributed by atoms with E-state index in [0.717, 1.165) is 33.4 Å². The van der Waals surface area contributed by atoms with Crippen molar-refractivity contribution in [2.45, 2.75) is 0 Å². The van der Waals surface area contributed by atoms with Gasteiger partial charge >= 0.3 is 0 Å². The molecule has 160 valence electrons. The number of hydrogen-bond acceptors (Lipinski definition) is 6. The summed E-state index contributed by atoms with van der Waals surface area (Å²) < 4.78 is 5.36. The number of carbonyl (C=O) groups excluding carboxylic acids is 1. The van der Waals surface area contributed by atoms with E-state index in [0.29, 0.717) is 37.7 Å². The molecule has 1 fully saturated rings.